The van der Waals surface area contributed by atoms with E-state index in [1.165, 1.54) is 64.2 Å². The number of hydrogen-bond acceptors (Lipinski definition) is 5. The topological polar surface area (TPSA) is 110 Å². The van der Waals surface area contributed by atoms with Gasteiger partial charge in [0.15, 0.2) is 0 Å². The van der Waals surface area contributed by atoms with Crippen LogP contribution in [0.2, 0.25) is 6.04 Å². The maximum Gasteiger partial charge on any atom is 0.500 e. The van der Waals surface area contributed by atoms with Crippen molar-refractivity contribution < 1.29 is 22.9 Å². The fourth-order valence-electron chi connectivity index (χ4n) is 5.31. The van der Waals surface area contributed by atoms with Gasteiger partial charge in [-0.25, -0.2) is 9.59 Å². The number of carbonyl (C=O) groups is 2. The van der Waals surface area contributed by atoms with Crippen molar-refractivity contribution in [2.45, 2.75) is 143 Å². The first-order valence-electron chi connectivity index (χ1n) is 18.7. The molecule has 0 aromatic rings. The molecule has 0 bridgehead atoms. The summed E-state index contributed by atoms with van der Waals surface area (Å²) in [5.74, 6) is 0.421. The third kappa shape index (κ3) is 27.3. The lowest BCUT2D eigenvalue weighted by molar-refractivity contribution is 0.0694. The van der Waals surface area contributed by atoms with Gasteiger partial charge in [0, 0.05) is 52.0 Å². The third-order valence-electron chi connectivity index (χ3n) is 7.89. The number of carbonyl (C=O) groups excluding carboxylic acids is 2. The summed E-state index contributed by atoms with van der Waals surface area (Å²) >= 11 is 0. The van der Waals surface area contributed by atoms with Crippen molar-refractivity contribution in [1.29, 1.82) is 0 Å². The van der Waals surface area contributed by atoms with Crippen LogP contribution >= 0.6 is 0 Å². The smallest absolute Gasteiger partial charge is 0.374 e. The van der Waals surface area contributed by atoms with Gasteiger partial charge in [-0.1, -0.05) is 102 Å². The van der Waals surface area contributed by atoms with Crippen LogP contribution in [0.15, 0.2) is 24.3 Å². The number of nitrogens with one attached hydrogen (secondary N) is 4. The molecule has 0 aliphatic heterocycles. The minimum atomic E-state index is -2.71. The van der Waals surface area contributed by atoms with Gasteiger partial charge in [0.05, 0.1) is 0 Å². The van der Waals surface area contributed by atoms with Crippen LogP contribution in [0.3, 0.4) is 0 Å². The highest BCUT2D eigenvalue weighted by Gasteiger charge is 2.40. The van der Waals surface area contributed by atoms with E-state index >= 15 is 0 Å². The average molecular weight is 669 g/mol. The fraction of sp³-hybridized carbons (Fsp3) is 0.833. The van der Waals surface area contributed by atoms with Crippen molar-refractivity contribution in [3.05, 3.63) is 24.3 Å². The van der Waals surface area contributed by atoms with Crippen LogP contribution in [0.4, 0.5) is 9.59 Å². The molecule has 46 heavy (non-hydrogen) atoms. The maximum absolute atomic E-state index is 12.1. The van der Waals surface area contributed by atoms with Crippen LogP contribution in [0, 0.1) is 5.92 Å². The minimum Gasteiger partial charge on any atom is -0.374 e. The van der Waals surface area contributed by atoms with Crippen LogP contribution < -0.4 is 21.3 Å². The van der Waals surface area contributed by atoms with Crippen molar-refractivity contribution in [2.24, 2.45) is 5.92 Å². The summed E-state index contributed by atoms with van der Waals surface area (Å²) in [5.41, 5.74) is 0. The Morgan fingerprint density at radius 2 is 1.02 bits per heavy atom. The maximum atomic E-state index is 12.1. The van der Waals surface area contributed by atoms with Gasteiger partial charge in [-0.05, 0) is 65.2 Å². The van der Waals surface area contributed by atoms with Gasteiger partial charge in [0.1, 0.15) is 0 Å². The van der Waals surface area contributed by atoms with Crippen LogP contribution in [0.1, 0.15) is 137 Å². The predicted molar refractivity (Wildman–Crippen MR) is 195 cm³/mol. The number of urea groups is 2. The second-order valence-corrected chi connectivity index (χ2v) is 14.7. The standard InChI is InChI=1S/C36H72N4O5Si/c1-6-11-13-15-17-22-29-37-35(41)39-31-24-19-20-26-34(28-33-46(43-8-3,44-9-4)45-10-5)27-21-25-32-40-36(42)38-30-23-18-16-14-12-7-2/h19,21,24-25,34H,6-18,20,22-23,26-33H2,1-5H3,(H2,37,39,41)(H2,38,40,42). The van der Waals surface area contributed by atoms with Gasteiger partial charge in [-0.2, -0.15) is 0 Å². The molecule has 0 heterocycles. The summed E-state index contributed by atoms with van der Waals surface area (Å²) in [4.78, 5) is 24.2. The van der Waals surface area contributed by atoms with E-state index < -0.39 is 8.80 Å². The monoisotopic (exact) mass is 669 g/mol. The molecule has 0 aliphatic rings. The quantitative estimate of drug-likeness (QED) is 0.0326. The molecule has 0 rings (SSSR count). The van der Waals surface area contributed by atoms with E-state index in [4.69, 9.17) is 13.3 Å². The Bertz CT molecular complexity index is 752. The number of amides is 4. The Morgan fingerprint density at radius 1 is 0.565 bits per heavy atom. The highest BCUT2D eigenvalue weighted by molar-refractivity contribution is 6.60. The molecular formula is C36H72N4O5Si. The minimum absolute atomic E-state index is 0.102. The van der Waals surface area contributed by atoms with Crippen LogP contribution in [-0.4, -0.2) is 66.9 Å². The average Bonchev–Trinajstić information content (AvgIpc) is 3.04. The zero-order valence-corrected chi connectivity index (χ0v) is 31.4. The number of allylic oxidation sites excluding steroid dienone is 2. The second-order valence-electron chi connectivity index (χ2n) is 12.0. The zero-order valence-electron chi connectivity index (χ0n) is 30.4. The number of hydrogen-bond donors (Lipinski definition) is 4. The summed E-state index contributed by atoms with van der Waals surface area (Å²) in [6, 6.07) is 0.574. The fourth-order valence-corrected chi connectivity index (χ4v) is 8.07. The molecule has 0 saturated carbocycles. The predicted octanol–water partition coefficient (Wildman–Crippen LogP) is 8.64. The van der Waals surface area contributed by atoms with Gasteiger partial charge in [-0.3, -0.25) is 0 Å². The first kappa shape index (κ1) is 44.1. The van der Waals surface area contributed by atoms with E-state index in [1.54, 1.807) is 0 Å². The summed E-state index contributed by atoms with van der Waals surface area (Å²) < 4.78 is 18.3. The van der Waals surface area contributed by atoms with Crippen LogP contribution in [0.5, 0.6) is 0 Å². The summed E-state index contributed by atoms with van der Waals surface area (Å²) in [7, 11) is -2.71. The van der Waals surface area contributed by atoms with E-state index in [0.29, 0.717) is 38.8 Å². The summed E-state index contributed by atoms with van der Waals surface area (Å²) in [5, 5.41) is 11.8. The normalized spacial score (nSPS) is 12.5. The first-order chi connectivity index (χ1) is 22.5. The van der Waals surface area contributed by atoms with Gasteiger partial charge in [0.2, 0.25) is 0 Å². The lowest BCUT2D eigenvalue weighted by Crippen LogP contribution is -2.46. The molecule has 0 aromatic carbocycles. The largest absolute Gasteiger partial charge is 0.500 e. The zero-order chi connectivity index (χ0) is 34.0. The molecule has 1 unspecified atom stereocenters. The Kier molecular flexibility index (Phi) is 31.7. The van der Waals surface area contributed by atoms with E-state index in [1.807, 2.05) is 32.9 Å². The van der Waals surface area contributed by atoms with Crippen molar-refractivity contribution in [1.82, 2.24) is 21.3 Å². The van der Waals surface area contributed by atoms with Crippen molar-refractivity contribution >= 4 is 20.9 Å². The molecule has 1 atom stereocenters. The molecule has 0 saturated heterocycles. The second kappa shape index (κ2) is 33.0. The van der Waals surface area contributed by atoms with Gasteiger partial charge >= 0.3 is 20.9 Å². The van der Waals surface area contributed by atoms with E-state index in [9.17, 15) is 9.59 Å². The molecule has 0 aliphatic carbocycles. The summed E-state index contributed by atoms with van der Waals surface area (Å²) in [6.07, 6.45) is 26.7. The van der Waals surface area contributed by atoms with Crippen molar-refractivity contribution in [2.75, 3.05) is 46.0 Å². The van der Waals surface area contributed by atoms with E-state index in [-0.39, 0.29) is 12.1 Å². The highest BCUT2D eigenvalue weighted by Crippen LogP contribution is 2.26. The Morgan fingerprint density at radius 3 is 1.50 bits per heavy atom. The molecule has 4 N–H and O–H groups in total. The van der Waals surface area contributed by atoms with Crippen LogP contribution in [-0.2, 0) is 13.3 Å². The lowest BCUT2D eigenvalue weighted by Gasteiger charge is -2.29. The van der Waals surface area contributed by atoms with Crippen molar-refractivity contribution in [3.63, 3.8) is 0 Å². The molecule has 4 amide bonds. The molecule has 270 valence electrons. The van der Waals surface area contributed by atoms with Crippen molar-refractivity contribution in [3.8, 4) is 0 Å². The first-order valence-corrected chi connectivity index (χ1v) is 20.6. The molecule has 9 nitrogen and oxygen atoms in total. The molecule has 0 fully saturated rings. The molecule has 0 spiro atoms. The van der Waals surface area contributed by atoms with Gasteiger partial charge < -0.3 is 34.5 Å². The Hall–Kier alpha value is -1.88. The van der Waals surface area contributed by atoms with Crippen LogP contribution in [0.25, 0.3) is 0 Å². The highest BCUT2D eigenvalue weighted by atomic mass is 28.4. The third-order valence-corrected chi connectivity index (χ3v) is 11.0. The Labute approximate surface area is 284 Å². The number of unbranched alkanes of at least 4 members (excludes halogenated alkanes) is 10. The molecular weight excluding hydrogens is 597 g/mol. The lowest BCUT2D eigenvalue weighted by atomic mass is 9.96. The molecule has 0 radical (unpaired) electrons. The van der Waals surface area contributed by atoms with Gasteiger partial charge in [0.25, 0.3) is 0 Å². The molecule has 10 heteroatoms. The number of rotatable bonds is 32. The van der Waals surface area contributed by atoms with E-state index in [0.717, 1.165) is 57.7 Å². The summed E-state index contributed by atoms with van der Waals surface area (Å²) in [6.45, 7) is 14.6. The van der Waals surface area contributed by atoms with Gasteiger partial charge in [-0.15, -0.1) is 0 Å². The van der Waals surface area contributed by atoms with E-state index in [2.05, 4.69) is 47.3 Å². The molecule has 0 aromatic heterocycles. The Balaban J connectivity index is 4.66. The SMILES string of the molecule is CCCCCCCCNC(=O)NCC=CCCC(CC=CCNC(=O)NCCCCCCCC)CC[Si](OCC)(OCC)OCC.